The van der Waals surface area contributed by atoms with Gasteiger partial charge in [0.2, 0.25) is 0 Å². The lowest BCUT2D eigenvalue weighted by Crippen LogP contribution is -2.48. The van der Waals surface area contributed by atoms with Crippen LogP contribution in [0.4, 0.5) is 0 Å². The van der Waals surface area contributed by atoms with Crippen LogP contribution in [0.1, 0.15) is 34.7 Å². The zero-order valence-electron chi connectivity index (χ0n) is 11.2. The molecule has 7 nitrogen and oxygen atoms in total. The summed E-state index contributed by atoms with van der Waals surface area (Å²) in [6.07, 6.45) is 1.08. The van der Waals surface area contributed by atoms with E-state index in [0.29, 0.717) is 13.1 Å². The normalized spacial score (nSPS) is 23.4. The maximum atomic E-state index is 12.4. The Labute approximate surface area is 110 Å². The fraction of sp³-hybridized carbons (Fsp3) is 0.583. The van der Waals surface area contributed by atoms with E-state index in [1.807, 2.05) is 13.8 Å². The van der Waals surface area contributed by atoms with Crippen molar-refractivity contribution in [3.8, 4) is 0 Å². The second-order valence-corrected chi connectivity index (χ2v) is 4.80. The van der Waals surface area contributed by atoms with E-state index in [2.05, 4.69) is 5.10 Å². The van der Waals surface area contributed by atoms with E-state index in [-0.39, 0.29) is 29.4 Å². The smallest absolute Gasteiger partial charge is 0.339 e. The highest BCUT2D eigenvalue weighted by Gasteiger charge is 2.31. The van der Waals surface area contributed by atoms with Gasteiger partial charge in [0.15, 0.2) is 0 Å². The number of carbonyl (C=O) groups excluding carboxylic acids is 1. The SMILES string of the molecule is C[C@@H]1CN(C(=O)c2c(C(=O)O)cnn2C)C[C@H](C)O1. The van der Waals surface area contributed by atoms with Gasteiger partial charge >= 0.3 is 5.97 Å². The van der Waals surface area contributed by atoms with Crippen molar-refractivity contribution in [2.75, 3.05) is 13.1 Å². The highest BCUT2D eigenvalue weighted by atomic mass is 16.5. The zero-order chi connectivity index (χ0) is 14.2. The van der Waals surface area contributed by atoms with Gasteiger partial charge in [0.1, 0.15) is 11.3 Å². The molecule has 2 atom stereocenters. The van der Waals surface area contributed by atoms with E-state index in [0.717, 1.165) is 0 Å². The van der Waals surface area contributed by atoms with E-state index < -0.39 is 5.97 Å². The average molecular weight is 267 g/mol. The van der Waals surface area contributed by atoms with Gasteiger partial charge in [-0.1, -0.05) is 0 Å². The summed E-state index contributed by atoms with van der Waals surface area (Å²) in [5.41, 5.74) is 0.0353. The minimum Gasteiger partial charge on any atom is -0.478 e. The van der Waals surface area contributed by atoms with E-state index >= 15 is 0 Å². The Kier molecular flexibility index (Phi) is 3.57. The number of nitrogens with zero attached hydrogens (tertiary/aromatic N) is 3. The van der Waals surface area contributed by atoms with Crippen molar-refractivity contribution >= 4 is 11.9 Å². The molecule has 0 aliphatic carbocycles. The van der Waals surface area contributed by atoms with Gasteiger partial charge in [0.25, 0.3) is 5.91 Å². The Bertz CT molecular complexity index is 501. The number of carboxylic acids is 1. The van der Waals surface area contributed by atoms with Gasteiger partial charge in [-0.3, -0.25) is 9.48 Å². The molecule has 0 aromatic carbocycles. The fourth-order valence-electron chi connectivity index (χ4n) is 2.34. The summed E-state index contributed by atoms with van der Waals surface area (Å²) in [6, 6.07) is 0. The maximum Gasteiger partial charge on any atom is 0.339 e. The van der Waals surface area contributed by atoms with E-state index in [1.165, 1.54) is 10.9 Å². The number of hydrogen-bond acceptors (Lipinski definition) is 4. The van der Waals surface area contributed by atoms with Crippen LogP contribution < -0.4 is 0 Å². The van der Waals surface area contributed by atoms with Crippen molar-refractivity contribution in [1.82, 2.24) is 14.7 Å². The van der Waals surface area contributed by atoms with Crippen molar-refractivity contribution in [1.29, 1.82) is 0 Å². The Hall–Kier alpha value is -1.89. The predicted octanol–water partition coefficient (Wildman–Crippen LogP) is 0.368. The van der Waals surface area contributed by atoms with Crippen LogP contribution in [0.25, 0.3) is 0 Å². The highest BCUT2D eigenvalue weighted by Crippen LogP contribution is 2.16. The summed E-state index contributed by atoms with van der Waals surface area (Å²) in [4.78, 5) is 25.2. The second-order valence-electron chi connectivity index (χ2n) is 4.80. The van der Waals surface area contributed by atoms with Gasteiger partial charge in [0, 0.05) is 20.1 Å². The molecule has 104 valence electrons. The summed E-state index contributed by atoms with van der Waals surface area (Å²) >= 11 is 0. The summed E-state index contributed by atoms with van der Waals surface area (Å²) in [6.45, 7) is 4.68. The topological polar surface area (TPSA) is 84.7 Å². The summed E-state index contributed by atoms with van der Waals surface area (Å²) in [5.74, 6) is -1.47. The van der Waals surface area contributed by atoms with E-state index in [9.17, 15) is 9.59 Å². The molecule has 2 rings (SSSR count). The first-order valence-electron chi connectivity index (χ1n) is 6.10. The molecule has 0 spiro atoms. The van der Waals surface area contributed by atoms with Gasteiger partial charge < -0.3 is 14.7 Å². The zero-order valence-corrected chi connectivity index (χ0v) is 11.2. The molecule has 2 heterocycles. The molecule has 1 fully saturated rings. The molecule has 0 bridgehead atoms. The first kappa shape index (κ1) is 13.5. The first-order valence-corrected chi connectivity index (χ1v) is 6.10. The van der Waals surface area contributed by atoms with E-state index in [1.54, 1.807) is 11.9 Å². The molecule has 1 aromatic heterocycles. The molecule has 0 radical (unpaired) electrons. The monoisotopic (exact) mass is 267 g/mol. The standard InChI is InChI=1S/C12H17N3O4/c1-7-5-15(6-8(2)19-7)11(16)10-9(12(17)18)4-13-14(10)3/h4,7-8H,5-6H2,1-3H3,(H,17,18)/t7-,8+. The fourth-order valence-corrected chi connectivity index (χ4v) is 2.34. The summed E-state index contributed by atoms with van der Waals surface area (Å²) in [5, 5.41) is 12.9. The Morgan fingerprint density at radius 1 is 1.37 bits per heavy atom. The third-order valence-electron chi connectivity index (χ3n) is 3.08. The van der Waals surface area contributed by atoms with Crippen molar-refractivity contribution in [2.45, 2.75) is 26.1 Å². The molecule has 0 saturated carbocycles. The van der Waals surface area contributed by atoms with Crippen molar-refractivity contribution < 1.29 is 19.4 Å². The maximum absolute atomic E-state index is 12.4. The summed E-state index contributed by atoms with van der Waals surface area (Å²) in [7, 11) is 1.56. The van der Waals surface area contributed by atoms with Crippen molar-refractivity contribution in [3.05, 3.63) is 17.5 Å². The summed E-state index contributed by atoms with van der Waals surface area (Å²) < 4.78 is 6.86. The van der Waals surface area contributed by atoms with E-state index in [4.69, 9.17) is 9.84 Å². The number of carboxylic acid groups (broad SMARTS) is 1. The molecule has 1 N–H and O–H groups in total. The number of rotatable bonds is 2. The molecular weight excluding hydrogens is 250 g/mol. The number of amides is 1. The van der Waals surface area contributed by atoms with Gasteiger partial charge in [0.05, 0.1) is 18.4 Å². The molecule has 7 heteroatoms. The van der Waals surface area contributed by atoms with Crippen LogP contribution in [0.5, 0.6) is 0 Å². The van der Waals surface area contributed by atoms with Gasteiger partial charge in [-0.25, -0.2) is 4.79 Å². The lowest BCUT2D eigenvalue weighted by molar-refractivity contribution is -0.0588. The van der Waals surface area contributed by atoms with Crippen LogP contribution in [0.3, 0.4) is 0 Å². The number of morpholine rings is 1. The molecule has 1 aromatic rings. The quantitative estimate of drug-likeness (QED) is 0.836. The first-order chi connectivity index (χ1) is 8.90. The predicted molar refractivity (Wildman–Crippen MR) is 66.1 cm³/mol. The highest BCUT2D eigenvalue weighted by molar-refractivity contribution is 6.03. The Balaban J connectivity index is 2.29. The van der Waals surface area contributed by atoms with Crippen molar-refractivity contribution in [2.24, 2.45) is 7.05 Å². The van der Waals surface area contributed by atoms with Crippen LogP contribution in [0.2, 0.25) is 0 Å². The molecule has 1 saturated heterocycles. The molecule has 0 unspecified atom stereocenters. The van der Waals surface area contributed by atoms with Gasteiger partial charge in [-0.05, 0) is 13.8 Å². The second kappa shape index (κ2) is 5.00. The molecule has 1 aliphatic heterocycles. The van der Waals surface area contributed by atoms with Crippen LogP contribution in [0, 0.1) is 0 Å². The average Bonchev–Trinajstić information content (AvgIpc) is 2.69. The number of aryl methyl sites for hydroxylation is 1. The lowest BCUT2D eigenvalue weighted by atomic mass is 10.1. The number of aromatic carboxylic acids is 1. The number of hydrogen-bond donors (Lipinski definition) is 1. The van der Waals surface area contributed by atoms with Crippen LogP contribution in [-0.4, -0.2) is 57.0 Å². The van der Waals surface area contributed by atoms with Gasteiger partial charge in [-0.2, -0.15) is 5.10 Å². The Morgan fingerprint density at radius 3 is 2.47 bits per heavy atom. The molecule has 19 heavy (non-hydrogen) atoms. The van der Waals surface area contributed by atoms with Crippen molar-refractivity contribution in [3.63, 3.8) is 0 Å². The molecular formula is C12H17N3O4. The Morgan fingerprint density at radius 2 is 1.95 bits per heavy atom. The molecule has 1 amide bonds. The van der Waals surface area contributed by atoms with Crippen LogP contribution in [0.15, 0.2) is 6.20 Å². The largest absolute Gasteiger partial charge is 0.478 e. The minimum atomic E-state index is -1.15. The lowest BCUT2D eigenvalue weighted by Gasteiger charge is -2.35. The number of aromatic nitrogens is 2. The third-order valence-corrected chi connectivity index (χ3v) is 3.08. The minimum absolute atomic E-state index is 0.0609. The van der Waals surface area contributed by atoms with Crippen LogP contribution >= 0.6 is 0 Å². The van der Waals surface area contributed by atoms with Crippen LogP contribution in [-0.2, 0) is 11.8 Å². The third kappa shape index (κ3) is 2.60. The number of ether oxygens (including phenoxy) is 1. The van der Waals surface area contributed by atoms with Gasteiger partial charge in [-0.15, -0.1) is 0 Å². The molecule has 1 aliphatic rings. The number of carbonyl (C=O) groups is 2.